The third-order valence-electron chi connectivity index (χ3n) is 3.37. The van der Waals surface area contributed by atoms with E-state index in [1.807, 2.05) is 18.2 Å². The van der Waals surface area contributed by atoms with E-state index in [2.05, 4.69) is 25.1 Å². The minimum absolute atomic E-state index is 0.180. The number of hydrogen-bond donors (Lipinski definition) is 1. The van der Waals surface area contributed by atoms with Crippen LogP contribution in [0.25, 0.3) is 21.5 Å². The van der Waals surface area contributed by atoms with Gasteiger partial charge in [0.15, 0.2) is 11.5 Å². The van der Waals surface area contributed by atoms with Gasteiger partial charge in [-0.2, -0.15) is 0 Å². The second-order valence-electron chi connectivity index (χ2n) is 4.48. The lowest BCUT2D eigenvalue weighted by atomic mass is 9.97. The molecule has 3 aromatic rings. The zero-order valence-electron chi connectivity index (χ0n) is 10.4. The number of aryl methyl sites for hydroxylation is 1. The summed E-state index contributed by atoms with van der Waals surface area (Å²) < 4.78 is 5.18. The van der Waals surface area contributed by atoms with E-state index in [0.717, 1.165) is 10.8 Å². The van der Waals surface area contributed by atoms with Crippen LogP contribution in [0.2, 0.25) is 0 Å². The van der Waals surface area contributed by atoms with Crippen molar-refractivity contribution < 1.29 is 9.84 Å². The Hall–Kier alpha value is -2.22. The molecule has 90 valence electrons. The van der Waals surface area contributed by atoms with Crippen LogP contribution in [0.5, 0.6) is 11.5 Å². The fourth-order valence-electron chi connectivity index (χ4n) is 2.47. The number of phenols is 1. The molecular weight excluding hydrogens is 224 g/mol. The molecule has 3 rings (SSSR count). The predicted octanol–water partition coefficient (Wildman–Crippen LogP) is 4.02. The largest absolute Gasteiger partial charge is 0.504 e. The second-order valence-corrected chi connectivity index (χ2v) is 4.48. The molecule has 0 amide bonds. The Morgan fingerprint density at radius 1 is 0.944 bits per heavy atom. The lowest BCUT2D eigenvalue weighted by Gasteiger charge is -2.10. The number of rotatable bonds is 1. The van der Waals surface area contributed by atoms with Gasteiger partial charge >= 0.3 is 0 Å². The van der Waals surface area contributed by atoms with Crippen molar-refractivity contribution in [2.45, 2.75) is 6.92 Å². The molecule has 1 N–H and O–H groups in total. The normalized spacial score (nSPS) is 11.0. The highest BCUT2D eigenvalue weighted by molar-refractivity contribution is 6.09. The summed E-state index contributed by atoms with van der Waals surface area (Å²) in [6.45, 7) is 2.09. The van der Waals surface area contributed by atoms with Crippen molar-refractivity contribution >= 4 is 21.5 Å². The van der Waals surface area contributed by atoms with Gasteiger partial charge in [0, 0.05) is 0 Å². The Morgan fingerprint density at radius 3 is 2.39 bits per heavy atom. The minimum Gasteiger partial charge on any atom is -0.504 e. The van der Waals surface area contributed by atoms with E-state index in [4.69, 9.17) is 4.74 Å². The van der Waals surface area contributed by atoms with Gasteiger partial charge in [-0.3, -0.25) is 0 Å². The number of benzene rings is 3. The monoisotopic (exact) mass is 238 g/mol. The Kier molecular flexibility index (Phi) is 2.37. The lowest BCUT2D eigenvalue weighted by Crippen LogP contribution is -1.86. The highest BCUT2D eigenvalue weighted by atomic mass is 16.5. The third-order valence-corrected chi connectivity index (χ3v) is 3.37. The van der Waals surface area contributed by atoms with Gasteiger partial charge in [0.25, 0.3) is 0 Å². The maximum Gasteiger partial charge on any atom is 0.161 e. The highest BCUT2D eigenvalue weighted by Gasteiger charge is 2.08. The standard InChI is InChI=1S/C16H14O2/c1-10-7-11-8-15(17)16(18-2)9-14(11)13-6-4-3-5-12(10)13/h3-9,17H,1-2H3. The summed E-state index contributed by atoms with van der Waals surface area (Å²) >= 11 is 0. The molecule has 0 unspecified atom stereocenters. The van der Waals surface area contributed by atoms with Gasteiger partial charge in [-0.1, -0.05) is 30.3 Å². The van der Waals surface area contributed by atoms with Crippen molar-refractivity contribution in [2.75, 3.05) is 7.11 Å². The summed E-state index contributed by atoms with van der Waals surface area (Å²) in [5, 5.41) is 14.4. The van der Waals surface area contributed by atoms with Crippen LogP contribution in [0.1, 0.15) is 5.56 Å². The number of ether oxygens (including phenoxy) is 1. The zero-order valence-corrected chi connectivity index (χ0v) is 10.4. The Balaban J connectivity index is 2.52. The van der Waals surface area contributed by atoms with Crippen LogP contribution in [-0.2, 0) is 0 Å². The number of phenolic OH excluding ortho intramolecular Hbond substituents is 1. The molecule has 0 saturated heterocycles. The smallest absolute Gasteiger partial charge is 0.161 e. The molecular formula is C16H14O2. The summed E-state index contributed by atoms with van der Waals surface area (Å²) in [5.41, 5.74) is 1.21. The van der Waals surface area contributed by atoms with Crippen LogP contribution in [0, 0.1) is 6.92 Å². The quantitative estimate of drug-likeness (QED) is 0.649. The van der Waals surface area contributed by atoms with Crippen molar-refractivity contribution in [3.8, 4) is 11.5 Å². The molecule has 0 spiro atoms. The van der Waals surface area contributed by atoms with Crippen LogP contribution in [0.4, 0.5) is 0 Å². The van der Waals surface area contributed by atoms with Crippen LogP contribution >= 0.6 is 0 Å². The van der Waals surface area contributed by atoms with Gasteiger partial charge in [-0.15, -0.1) is 0 Å². The van der Waals surface area contributed by atoms with Gasteiger partial charge in [0.1, 0.15) is 0 Å². The lowest BCUT2D eigenvalue weighted by molar-refractivity contribution is 0.374. The average molecular weight is 238 g/mol. The van der Waals surface area contributed by atoms with Gasteiger partial charge in [-0.25, -0.2) is 0 Å². The van der Waals surface area contributed by atoms with E-state index in [0.29, 0.717) is 5.75 Å². The first-order valence-corrected chi connectivity index (χ1v) is 5.90. The summed E-state index contributed by atoms with van der Waals surface area (Å²) in [5.74, 6) is 0.691. The van der Waals surface area contributed by atoms with Crippen LogP contribution in [-0.4, -0.2) is 12.2 Å². The average Bonchev–Trinajstić information content (AvgIpc) is 2.38. The van der Waals surface area contributed by atoms with E-state index < -0.39 is 0 Å². The molecule has 0 heterocycles. The second kappa shape index (κ2) is 3.91. The minimum atomic E-state index is 0.180. The van der Waals surface area contributed by atoms with Crippen LogP contribution in [0.15, 0.2) is 42.5 Å². The molecule has 0 atom stereocenters. The summed E-state index contributed by atoms with van der Waals surface area (Å²) in [6.07, 6.45) is 0. The van der Waals surface area contributed by atoms with Crippen molar-refractivity contribution in [3.05, 3.63) is 48.0 Å². The van der Waals surface area contributed by atoms with E-state index in [1.54, 1.807) is 13.2 Å². The molecule has 0 fully saturated rings. The first-order valence-electron chi connectivity index (χ1n) is 5.90. The summed E-state index contributed by atoms with van der Waals surface area (Å²) in [4.78, 5) is 0. The van der Waals surface area contributed by atoms with E-state index in [1.165, 1.54) is 16.3 Å². The Morgan fingerprint density at radius 2 is 1.67 bits per heavy atom. The number of fused-ring (bicyclic) bond motifs is 3. The van der Waals surface area contributed by atoms with Crippen molar-refractivity contribution in [2.24, 2.45) is 0 Å². The van der Waals surface area contributed by atoms with Crippen molar-refractivity contribution in [1.82, 2.24) is 0 Å². The molecule has 0 saturated carbocycles. The van der Waals surface area contributed by atoms with Gasteiger partial charge < -0.3 is 9.84 Å². The van der Waals surface area contributed by atoms with Gasteiger partial charge in [0.2, 0.25) is 0 Å². The maximum atomic E-state index is 9.85. The Bertz CT molecular complexity index is 745. The molecule has 0 bridgehead atoms. The van der Waals surface area contributed by atoms with E-state index in [-0.39, 0.29) is 5.75 Å². The molecule has 0 aromatic heterocycles. The SMILES string of the molecule is COc1cc2c(cc1O)cc(C)c1ccccc12. The molecule has 3 aromatic carbocycles. The van der Waals surface area contributed by atoms with Gasteiger partial charge in [0.05, 0.1) is 7.11 Å². The third kappa shape index (κ3) is 1.50. The summed E-state index contributed by atoms with van der Waals surface area (Å²) in [6, 6.07) is 14.0. The first kappa shape index (κ1) is 10.9. The first-order chi connectivity index (χ1) is 8.70. The van der Waals surface area contributed by atoms with Gasteiger partial charge in [-0.05, 0) is 46.2 Å². The molecule has 18 heavy (non-hydrogen) atoms. The number of aromatic hydroxyl groups is 1. The van der Waals surface area contributed by atoms with Crippen LogP contribution in [0.3, 0.4) is 0 Å². The topological polar surface area (TPSA) is 29.5 Å². The predicted molar refractivity (Wildman–Crippen MR) is 74.4 cm³/mol. The number of methoxy groups -OCH3 is 1. The molecule has 2 heteroatoms. The maximum absolute atomic E-state index is 9.85. The molecule has 0 aliphatic heterocycles. The van der Waals surface area contributed by atoms with Crippen LogP contribution < -0.4 is 4.74 Å². The fraction of sp³-hybridized carbons (Fsp3) is 0.125. The fourth-order valence-corrected chi connectivity index (χ4v) is 2.47. The zero-order chi connectivity index (χ0) is 12.7. The molecule has 2 nitrogen and oxygen atoms in total. The summed E-state index contributed by atoms with van der Waals surface area (Å²) in [7, 11) is 1.57. The molecule has 0 aliphatic carbocycles. The van der Waals surface area contributed by atoms with Crippen molar-refractivity contribution in [3.63, 3.8) is 0 Å². The van der Waals surface area contributed by atoms with Crippen molar-refractivity contribution in [1.29, 1.82) is 0 Å². The molecule has 0 radical (unpaired) electrons. The molecule has 0 aliphatic rings. The number of hydrogen-bond acceptors (Lipinski definition) is 2. The Labute approximate surface area is 105 Å². The highest BCUT2D eigenvalue weighted by Crippen LogP contribution is 2.36. The van der Waals surface area contributed by atoms with E-state index in [9.17, 15) is 5.11 Å². The van der Waals surface area contributed by atoms with E-state index >= 15 is 0 Å².